The Kier molecular flexibility index (Phi) is 7.90. The lowest BCUT2D eigenvalue weighted by Crippen LogP contribution is -2.46. The molecule has 3 heterocycles. The Morgan fingerprint density at radius 2 is 1.85 bits per heavy atom. The molecule has 3 N–H and O–H groups in total. The van der Waals surface area contributed by atoms with Gasteiger partial charge in [-0.3, -0.25) is 4.72 Å². The van der Waals surface area contributed by atoms with Crippen molar-refractivity contribution in [2.24, 2.45) is 5.92 Å². The zero-order valence-electron chi connectivity index (χ0n) is 22.0. The highest BCUT2D eigenvalue weighted by Crippen LogP contribution is 2.34. The predicted molar refractivity (Wildman–Crippen MR) is 150 cm³/mol. The summed E-state index contributed by atoms with van der Waals surface area (Å²) in [6.07, 6.45) is 2.86. The molecule has 210 valence electrons. The normalized spacial score (nSPS) is 18.4. The molecule has 8 nitrogen and oxygen atoms in total. The number of fused-ring (bicyclic) bond motifs is 1. The maximum atomic E-state index is 15.3. The molecular formula is C28H29F3N6O2S. The Labute approximate surface area is 230 Å². The van der Waals surface area contributed by atoms with Crippen LogP contribution in [0.4, 0.5) is 24.8 Å². The number of anilines is 2. The zero-order chi connectivity index (χ0) is 28.4. The molecule has 1 unspecified atom stereocenters. The predicted octanol–water partition coefficient (Wildman–Crippen LogP) is 5.15. The third kappa shape index (κ3) is 6.34. The van der Waals surface area contributed by atoms with Gasteiger partial charge in [0.1, 0.15) is 23.3 Å². The van der Waals surface area contributed by atoms with Gasteiger partial charge < -0.3 is 10.6 Å². The number of nitrogens with zero attached hydrogens (tertiary/aromatic N) is 3. The summed E-state index contributed by atoms with van der Waals surface area (Å²) in [5.41, 5.74) is 2.21. The molecule has 1 saturated heterocycles. The van der Waals surface area contributed by atoms with E-state index in [4.69, 9.17) is 0 Å². The van der Waals surface area contributed by atoms with Crippen LogP contribution in [0.25, 0.3) is 33.4 Å². The summed E-state index contributed by atoms with van der Waals surface area (Å²) in [5.74, 6) is -0.938. The maximum absolute atomic E-state index is 15.3. The first-order chi connectivity index (χ1) is 19.1. The van der Waals surface area contributed by atoms with Crippen LogP contribution < -0.4 is 15.4 Å². The lowest BCUT2D eigenvalue weighted by molar-refractivity contribution is 0.180. The van der Waals surface area contributed by atoms with E-state index in [1.165, 1.54) is 18.2 Å². The van der Waals surface area contributed by atoms with Gasteiger partial charge in [0.15, 0.2) is 0 Å². The molecule has 2 aromatic heterocycles. The van der Waals surface area contributed by atoms with E-state index >= 15 is 4.39 Å². The molecule has 0 amide bonds. The fraction of sp³-hybridized carbons (Fsp3) is 0.321. The quantitative estimate of drug-likeness (QED) is 0.269. The van der Waals surface area contributed by atoms with Gasteiger partial charge in [-0.2, -0.15) is 0 Å². The van der Waals surface area contributed by atoms with E-state index in [0.717, 1.165) is 18.4 Å². The van der Waals surface area contributed by atoms with Crippen LogP contribution >= 0.6 is 0 Å². The van der Waals surface area contributed by atoms with E-state index in [0.29, 0.717) is 54.2 Å². The summed E-state index contributed by atoms with van der Waals surface area (Å²) >= 11 is 0. The molecule has 0 radical (unpaired) electrons. The zero-order valence-corrected chi connectivity index (χ0v) is 22.8. The summed E-state index contributed by atoms with van der Waals surface area (Å²) in [5, 5.41) is 6.55. The number of sulfonamides is 1. The van der Waals surface area contributed by atoms with Crippen molar-refractivity contribution in [2.75, 3.05) is 29.4 Å². The minimum Gasteiger partial charge on any atom is -0.350 e. The van der Waals surface area contributed by atoms with Gasteiger partial charge in [0, 0.05) is 41.7 Å². The summed E-state index contributed by atoms with van der Waals surface area (Å²) in [4.78, 5) is 13.5. The second kappa shape index (κ2) is 11.4. The Balaban J connectivity index is 1.37. The number of nitrogens with one attached hydrogen (secondary N) is 3. The first-order valence-corrected chi connectivity index (χ1v) is 14.8. The fourth-order valence-corrected chi connectivity index (χ4v) is 5.53. The SMILES string of the molecule is CCC(F)[C@@H]1CNC[C@@H](Nc2ncc3nc(-c4ccc(-c5cc(F)ccc5NS(C)(=O)=O)c(F)c4)ccc3n2)C1. The van der Waals surface area contributed by atoms with E-state index in [1.807, 2.05) is 6.92 Å². The van der Waals surface area contributed by atoms with Crippen molar-refractivity contribution in [3.05, 3.63) is 66.4 Å². The molecule has 0 aliphatic carbocycles. The lowest BCUT2D eigenvalue weighted by atomic mass is 9.90. The van der Waals surface area contributed by atoms with E-state index in [1.54, 1.807) is 24.4 Å². The van der Waals surface area contributed by atoms with Crippen molar-refractivity contribution >= 4 is 32.7 Å². The second-order valence-corrected chi connectivity index (χ2v) is 11.7. The van der Waals surface area contributed by atoms with Gasteiger partial charge in [0.2, 0.25) is 16.0 Å². The Bertz CT molecular complexity index is 1650. The molecule has 5 rings (SSSR count). The van der Waals surface area contributed by atoms with E-state index < -0.39 is 27.8 Å². The molecule has 2 aromatic carbocycles. The maximum Gasteiger partial charge on any atom is 0.229 e. The van der Waals surface area contributed by atoms with Crippen molar-refractivity contribution in [3.8, 4) is 22.4 Å². The number of benzene rings is 2. The molecule has 40 heavy (non-hydrogen) atoms. The summed E-state index contributed by atoms with van der Waals surface area (Å²) in [7, 11) is -3.66. The largest absolute Gasteiger partial charge is 0.350 e. The summed E-state index contributed by atoms with van der Waals surface area (Å²) in [6.45, 7) is 3.19. The van der Waals surface area contributed by atoms with E-state index in [-0.39, 0.29) is 28.8 Å². The average Bonchev–Trinajstić information content (AvgIpc) is 2.93. The molecule has 0 bridgehead atoms. The number of pyridine rings is 1. The van der Waals surface area contributed by atoms with Gasteiger partial charge in [-0.05, 0) is 49.2 Å². The lowest BCUT2D eigenvalue weighted by Gasteiger charge is -2.32. The standard InChI is InChI=1S/C28H29F3N6O2S/c1-3-22(30)17-10-19(14-32-13-17)34-28-33-15-27-26(36-28)9-8-24(35-27)16-4-6-20(23(31)11-16)21-12-18(29)5-7-25(21)37-40(2,38)39/h4-9,11-12,15,17,19,22,32,37H,3,10,13-14H2,1-2H3,(H,33,34,36)/t17-,19-,22?/m0/s1. The first-order valence-electron chi connectivity index (χ1n) is 12.9. The van der Waals surface area contributed by atoms with Crippen LogP contribution in [0.15, 0.2) is 54.7 Å². The molecule has 0 spiro atoms. The van der Waals surface area contributed by atoms with Crippen molar-refractivity contribution in [1.29, 1.82) is 0 Å². The Hall–Kier alpha value is -3.77. The summed E-state index contributed by atoms with van der Waals surface area (Å²) in [6, 6.07) is 11.2. The highest BCUT2D eigenvalue weighted by Gasteiger charge is 2.27. The Morgan fingerprint density at radius 1 is 1.02 bits per heavy atom. The van der Waals surface area contributed by atoms with Crippen molar-refractivity contribution in [1.82, 2.24) is 20.3 Å². The van der Waals surface area contributed by atoms with Crippen LogP contribution in [0.5, 0.6) is 0 Å². The van der Waals surface area contributed by atoms with Gasteiger partial charge in [-0.15, -0.1) is 0 Å². The number of hydrogen-bond acceptors (Lipinski definition) is 7. The Morgan fingerprint density at radius 3 is 2.60 bits per heavy atom. The minimum absolute atomic E-state index is 0.000891. The van der Waals surface area contributed by atoms with Crippen LogP contribution in [0.3, 0.4) is 0 Å². The van der Waals surface area contributed by atoms with E-state index in [9.17, 15) is 17.2 Å². The van der Waals surface area contributed by atoms with Crippen molar-refractivity contribution in [2.45, 2.75) is 32.0 Å². The van der Waals surface area contributed by atoms with Gasteiger partial charge in [0.05, 0.1) is 29.4 Å². The van der Waals surface area contributed by atoms with E-state index in [2.05, 4.69) is 30.3 Å². The fourth-order valence-electron chi connectivity index (χ4n) is 4.95. The monoisotopic (exact) mass is 570 g/mol. The van der Waals surface area contributed by atoms with Crippen LogP contribution in [-0.4, -0.2) is 54.9 Å². The smallest absolute Gasteiger partial charge is 0.229 e. The third-order valence-electron chi connectivity index (χ3n) is 6.89. The first kappa shape index (κ1) is 27.8. The van der Waals surface area contributed by atoms with Crippen LogP contribution in [0, 0.1) is 17.6 Å². The molecule has 0 saturated carbocycles. The number of aromatic nitrogens is 3. The molecular weight excluding hydrogens is 541 g/mol. The molecule has 4 aromatic rings. The molecule has 12 heteroatoms. The second-order valence-electron chi connectivity index (χ2n) is 9.97. The summed E-state index contributed by atoms with van der Waals surface area (Å²) < 4.78 is 69.2. The molecule has 1 aliphatic heterocycles. The number of rotatable bonds is 8. The number of alkyl halides is 1. The van der Waals surface area contributed by atoms with Crippen LogP contribution in [0.1, 0.15) is 19.8 Å². The van der Waals surface area contributed by atoms with Gasteiger partial charge in [0.25, 0.3) is 0 Å². The molecule has 1 fully saturated rings. The molecule has 3 atom stereocenters. The number of halogens is 3. The topological polar surface area (TPSA) is 109 Å². The third-order valence-corrected chi connectivity index (χ3v) is 7.48. The van der Waals surface area contributed by atoms with Gasteiger partial charge >= 0.3 is 0 Å². The highest BCUT2D eigenvalue weighted by atomic mass is 32.2. The van der Waals surface area contributed by atoms with Crippen LogP contribution in [-0.2, 0) is 10.0 Å². The highest BCUT2D eigenvalue weighted by molar-refractivity contribution is 7.92. The van der Waals surface area contributed by atoms with Gasteiger partial charge in [-0.25, -0.2) is 36.5 Å². The van der Waals surface area contributed by atoms with Crippen LogP contribution in [0.2, 0.25) is 0 Å². The molecule has 1 aliphatic rings. The minimum atomic E-state index is -3.66. The van der Waals surface area contributed by atoms with Gasteiger partial charge in [-0.1, -0.05) is 19.1 Å². The average molecular weight is 571 g/mol. The van der Waals surface area contributed by atoms with Crippen molar-refractivity contribution in [3.63, 3.8) is 0 Å². The number of piperidine rings is 1. The van der Waals surface area contributed by atoms with Crippen molar-refractivity contribution < 1.29 is 21.6 Å². The number of hydrogen-bond donors (Lipinski definition) is 3.